The second-order valence-corrected chi connectivity index (χ2v) is 4.97. The number of aryl methyl sites for hydroxylation is 1. The molecule has 0 radical (unpaired) electrons. The van der Waals surface area contributed by atoms with E-state index in [1.807, 2.05) is 0 Å². The van der Waals surface area contributed by atoms with Gasteiger partial charge in [-0.25, -0.2) is 18.1 Å². The fourth-order valence-corrected chi connectivity index (χ4v) is 2.12. The van der Waals surface area contributed by atoms with Crippen molar-refractivity contribution in [3.63, 3.8) is 0 Å². The molecular weight excluding hydrogens is 228 g/mol. The molecule has 0 saturated carbocycles. The van der Waals surface area contributed by atoms with Crippen LogP contribution in [0.1, 0.15) is 5.82 Å². The molecule has 0 aliphatic rings. The van der Waals surface area contributed by atoms with Crippen LogP contribution in [-0.2, 0) is 23.6 Å². The molecule has 0 unspecified atom stereocenters. The minimum absolute atomic E-state index is 0.0744. The Bertz CT molecular complexity index is 388. The maximum Gasteiger partial charge on any atom is 0.213 e. The highest BCUT2D eigenvalue weighted by atomic mass is 35.5. The van der Waals surface area contributed by atoms with Gasteiger partial charge in [0.1, 0.15) is 6.33 Å². The monoisotopic (exact) mass is 238 g/mol. The summed E-state index contributed by atoms with van der Waals surface area (Å²) in [5, 5.41) is 3.92. The second-order valence-electron chi connectivity index (χ2n) is 2.66. The Labute approximate surface area is 87.3 Å². The molecule has 0 atom stereocenters. The Balaban J connectivity index is 2.48. The number of hydrogen-bond donors (Lipinski definition) is 1. The molecule has 80 valence electrons. The van der Waals surface area contributed by atoms with Crippen LogP contribution in [0, 0.1) is 0 Å². The van der Waals surface area contributed by atoms with Crippen LogP contribution in [0.2, 0.25) is 0 Å². The average molecular weight is 239 g/mol. The van der Waals surface area contributed by atoms with E-state index in [0.717, 1.165) is 0 Å². The van der Waals surface area contributed by atoms with Crippen LogP contribution in [0.3, 0.4) is 0 Å². The molecule has 14 heavy (non-hydrogen) atoms. The molecule has 1 rings (SSSR count). The highest BCUT2D eigenvalue weighted by molar-refractivity contribution is 7.89. The Morgan fingerprint density at radius 2 is 2.36 bits per heavy atom. The van der Waals surface area contributed by atoms with E-state index < -0.39 is 10.0 Å². The van der Waals surface area contributed by atoms with Gasteiger partial charge in [0, 0.05) is 12.9 Å². The van der Waals surface area contributed by atoms with Gasteiger partial charge in [0.15, 0.2) is 5.82 Å². The summed E-state index contributed by atoms with van der Waals surface area (Å²) in [5.74, 6) is 0.414. The van der Waals surface area contributed by atoms with E-state index in [1.165, 1.54) is 11.0 Å². The van der Waals surface area contributed by atoms with Gasteiger partial charge < -0.3 is 0 Å². The largest absolute Gasteiger partial charge is 0.256 e. The Morgan fingerprint density at radius 1 is 1.64 bits per heavy atom. The molecule has 1 aromatic rings. The molecule has 0 aliphatic carbocycles. The SMILES string of the molecule is Cn1cnc(CNS(=O)(=O)CCCl)n1. The van der Waals surface area contributed by atoms with Crippen molar-refractivity contribution in [2.45, 2.75) is 6.54 Å². The molecule has 0 amide bonds. The summed E-state index contributed by atoms with van der Waals surface area (Å²) in [7, 11) is -1.58. The van der Waals surface area contributed by atoms with Crippen molar-refractivity contribution >= 4 is 21.6 Å². The first kappa shape index (κ1) is 11.4. The van der Waals surface area contributed by atoms with Gasteiger partial charge >= 0.3 is 0 Å². The Morgan fingerprint density at radius 3 is 2.86 bits per heavy atom. The van der Waals surface area contributed by atoms with Gasteiger partial charge in [0.25, 0.3) is 0 Å². The molecule has 0 spiro atoms. The number of halogens is 1. The van der Waals surface area contributed by atoms with Crippen LogP contribution in [-0.4, -0.2) is 34.8 Å². The third-order valence-electron chi connectivity index (χ3n) is 1.44. The summed E-state index contributed by atoms with van der Waals surface area (Å²) in [6, 6.07) is 0. The van der Waals surface area contributed by atoms with E-state index in [4.69, 9.17) is 11.6 Å². The van der Waals surface area contributed by atoms with E-state index in [2.05, 4.69) is 14.8 Å². The molecular formula is C6H11ClN4O2S. The lowest BCUT2D eigenvalue weighted by Gasteiger charge is -2.01. The predicted octanol–water partition coefficient (Wildman–Crippen LogP) is -0.527. The van der Waals surface area contributed by atoms with Gasteiger partial charge in [0.2, 0.25) is 10.0 Å². The van der Waals surface area contributed by atoms with Crippen molar-refractivity contribution in [3.05, 3.63) is 12.2 Å². The van der Waals surface area contributed by atoms with E-state index in [9.17, 15) is 8.42 Å². The lowest BCUT2D eigenvalue weighted by Crippen LogP contribution is -2.27. The van der Waals surface area contributed by atoms with Gasteiger partial charge in [-0.05, 0) is 0 Å². The molecule has 1 N–H and O–H groups in total. The zero-order valence-corrected chi connectivity index (χ0v) is 9.22. The maximum atomic E-state index is 11.2. The first-order chi connectivity index (χ1) is 6.53. The second kappa shape index (κ2) is 4.72. The fraction of sp³-hybridized carbons (Fsp3) is 0.667. The number of sulfonamides is 1. The topological polar surface area (TPSA) is 76.9 Å². The average Bonchev–Trinajstić information content (AvgIpc) is 2.48. The summed E-state index contributed by atoms with van der Waals surface area (Å²) in [6.45, 7) is 0.0973. The number of rotatable bonds is 5. The highest BCUT2D eigenvalue weighted by Crippen LogP contribution is 1.91. The summed E-state index contributed by atoms with van der Waals surface area (Å²) in [5.41, 5.74) is 0. The molecule has 0 aliphatic heterocycles. The Kier molecular flexibility index (Phi) is 3.85. The van der Waals surface area contributed by atoms with Crippen molar-refractivity contribution in [1.82, 2.24) is 19.5 Å². The maximum absolute atomic E-state index is 11.2. The van der Waals surface area contributed by atoms with E-state index >= 15 is 0 Å². The zero-order valence-electron chi connectivity index (χ0n) is 7.64. The van der Waals surface area contributed by atoms with Crippen molar-refractivity contribution in [2.75, 3.05) is 11.6 Å². The summed E-state index contributed by atoms with van der Waals surface area (Å²) in [4.78, 5) is 3.87. The number of aromatic nitrogens is 3. The number of nitrogens with zero attached hydrogens (tertiary/aromatic N) is 3. The van der Waals surface area contributed by atoms with E-state index in [0.29, 0.717) is 5.82 Å². The van der Waals surface area contributed by atoms with Gasteiger partial charge in [-0.15, -0.1) is 11.6 Å². The molecule has 0 fully saturated rings. The van der Waals surface area contributed by atoms with Gasteiger partial charge in [0.05, 0.1) is 12.3 Å². The van der Waals surface area contributed by atoms with Crippen LogP contribution in [0.4, 0.5) is 0 Å². The molecule has 0 bridgehead atoms. The van der Waals surface area contributed by atoms with Crippen LogP contribution in [0.25, 0.3) is 0 Å². The molecule has 8 heteroatoms. The summed E-state index contributed by atoms with van der Waals surface area (Å²) >= 11 is 5.32. The molecule has 0 aromatic carbocycles. The lowest BCUT2D eigenvalue weighted by molar-refractivity contribution is 0.580. The Hall–Kier alpha value is -0.660. The minimum Gasteiger partial charge on any atom is -0.256 e. The smallest absolute Gasteiger partial charge is 0.213 e. The summed E-state index contributed by atoms with van der Waals surface area (Å²) in [6.07, 6.45) is 1.51. The van der Waals surface area contributed by atoms with E-state index in [-0.39, 0.29) is 18.2 Å². The van der Waals surface area contributed by atoms with Gasteiger partial charge in [-0.1, -0.05) is 0 Å². The fourth-order valence-electron chi connectivity index (χ4n) is 0.813. The van der Waals surface area contributed by atoms with Crippen molar-refractivity contribution in [1.29, 1.82) is 0 Å². The zero-order chi connectivity index (χ0) is 10.6. The van der Waals surface area contributed by atoms with Crippen molar-refractivity contribution < 1.29 is 8.42 Å². The number of alkyl halides is 1. The number of hydrogen-bond acceptors (Lipinski definition) is 4. The normalized spacial score (nSPS) is 11.9. The predicted molar refractivity (Wildman–Crippen MR) is 52.3 cm³/mol. The lowest BCUT2D eigenvalue weighted by atomic mass is 10.6. The first-order valence-corrected chi connectivity index (χ1v) is 6.10. The minimum atomic E-state index is -3.29. The van der Waals surface area contributed by atoms with E-state index in [1.54, 1.807) is 7.05 Å². The van der Waals surface area contributed by atoms with Gasteiger partial charge in [-0.2, -0.15) is 5.10 Å². The van der Waals surface area contributed by atoms with Crippen LogP contribution >= 0.6 is 11.6 Å². The van der Waals surface area contributed by atoms with Crippen LogP contribution in [0.5, 0.6) is 0 Å². The molecule has 6 nitrogen and oxygen atoms in total. The third-order valence-corrected chi connectivity index (χ3v) is 3.18. The van der Waals surface area contributed by atoms with Crippen molar-refractivity contribution in [2.24, 2.45) is 7.05 Å². The van der Waals surface area contributed by atoms with Crippen LogP contribution in [0.15, 0.2) is 6.33 Å². The molecule has 0 saturated heterocycles. The van der Waals surface area contributed by atoms with Crippen LogP contribution < -0.4 is 4.72 Å². The first-order valence-electron chi connectivity index (χ1n) is 3.91. The van der Waals surface area contributed by atoms with Crippen molar-refractivity contribution in [3.8, 4) is 0 Å². The summed E-state index contributed by atoms with van der Waals surface area (Å²) < 4.78 is 26.1. The number of nitrogens with one attached hydrogen (secondary N) is 1. The van der Waals surface area contributed by atoms with Gasteiger partial charge in [-0.3, -0.25) is 4.68 Å². The standard InChI is InChI=1S/C6H11ClN4O2S/c1-11-5-8-6(10-11)4-9-14(12,13)3-2-7/h5,9H,2-4H2,1H3. The molecule has 1 aromatic heterocycles. The highest BCUT2D eigenvalue weighted by Gasteiger charge is 2.09. The quantitative estimate of drug-likeness (QED) is 0.700. The third kappa shape index (κ3) is 3.60. The molecule has 1 heterocycles.